The minimum absolute atomic E-state index is 0.0419. The number of amides is 1. The van der Waals surface area contributed by atoms with E-state index in [1.54, 1.807) is 31.2 Å². The second-order valence-electron chi connectivity index (χ2n) is 7.26. The van der Waals surface area contributed by atoms with Crippen molar-refractivity contribution in [3.05, 3.63) is 36.5 Å². The van der Waals surface area contributed by atoms with Crippen LogP contribution < -0.4 is 0 Å². The third kappa shape index (κ3) is 5.10. The molecule has 1 aliphatic rings. The van der Waals surface area contributed by atoms with E-state index in [4.69, 9.17) is 0 Å². The maximum absolute atomic E-state index is 13.2. The molecule has 0 saturated carbocycles. The number of carbonyl (C=O) groups is 1. The van der Waals surface area contributed by atoms with Gasteiger partial charge in [-0.15, -0.1) is 0 Å². The molecule has 1 saturated heterocycles. The first-order valence-corrected chi connectivity index (χ1v) is 10.3. The average molecular weight is 411 g/mol. The molecule has 0 radical (unpaired) electrons. The Morgan fingerprint density at radius 1 is 1.25 bits per heavy atom. The lowest BCUT2D eigenvalue weighted by Gasteiger charge is -2.32. The van der Waals surface area contributed by atoms with Gasteiger partial charge in [0.1, 0.15) is 6.54 Å². The van der Waals surface area contributed by atoms with Crippen LogP contribution in [0, 0.1) is 5.92 Å². The molecule has 1 aromatic heterocycles. The molecule has 1 aromatic carbocycles. The number of imidazole rings is 1. The van der Waals surface area contributed by atoms with Crippen LogP contribution in [0.15, 0.2) is 41.7 Å². The first-order chi connectivity index (χ1) is 13.2. The second kappa shape index (κ2) is 8.59. The number of nitrogens with zero attached hydrogens (tertiary/aromatic N) is 3. The number of halogens is 3. The summed E-state index contributed by atoms with van der Waals surface area (Å²) in [7, 11) is 0. The first kappa shape index (κ1) is 20.8. The molecular weight excluding hydrogens is 387 g/mol. The molecule has 28 heavy (non-hydrogen) atoms. The second-order valence-corrected chi connectivity index (χ2v) is 8.57. The highest BCUT2D eigenvalue weighted by molar-refractivity contribution is 8.00. The quantitative estimate of drug-likeness (QED) is 0.660. The zero-order chi connectivity index (χ0) is 20.3. The van der Waals surface area contributed by atoms with Gasteiger partial charge in [0.25, 0.3) is 0 Å². The fraction of sp³-hybridized carbons (Fsp3) is 0.500. The van der Waals surface area contributed by atoms with Crippen LogP contribution in [0.1, 0.15) is 26.7 Å². The largest absolute Gasteiger partial charge is 0.406 e. The summed E-state index contributed by atoms with van der Waals surface area (Å²) in [4.78, 5) is 18.8. The molecule has 1 unspecified atom stereocenters. The van der Waals surface area contributed by atoms with Crippen molar-refractivity contribution in [3.8, 4) is 11.3 Å². The summed E-state index contributed by atoms with van der Waals surface area (Å²) in [5.74, 6) is 0.561. The van der Waals surface area contributed by atoms with Crippen LogP contribution in [0.5, 0.6) is 0 Å². The van der Waals surface area contributed by atoms with Gasteiger partial charge in [-0.3, -0.25) is 4.79 Å². The summed E-state index contributed by atoms with van der Waals surface area (Å²) < 4.78 is 40.7. The Balaban J connectivity index is 1.81. The van der Waals surface area contributed by atoms with Gasteiger partial charge in [0.15, 0.2) is 5.16 Å². The van der Waals surface area contributed by atoms with Gasteiger partial charge in [0, 0.05) is 13.1 Å². The Labute approximate surface area is 167 Å². The molecule has 0 spiro atoms. The molecule has 4 nitrogen and oxygen atoms in total. The van der Waals surface area contributed by atoms with E-state index < -0.39 is 18.0 Å². The Hall–Kier alpha value is -1.96. The third-order valence-electron chi connectivity index (χ3n) is 4.95. The number of likely N-dealkylation sites (tertiary alicyclic amines) is 1. The van der Waals surface area contributed by atoms with E-state index in [2.05, 4.69) is 11.9 Å². The molecule has 1 aliphatic heterocycles. The molecule has 2 heterocycles. The highest BCUT2D eigenvalue weighted by atomic mass is 32.2. The number of hydrogen-bond donors (Lipinski definition) is 0. The van der Waals surface area contributed by atoms with Crippen molar-refractivity contribution in [2.45, 2.75) is 49.8 Å². The lowest BCUT2D eigenvalue weighted by atomic mass is 9.99. The highest BCUT2D eigenvalue weighted by Gasteiger charge is 2.32. The van der Waals surface area contributed by atoms with Gasteiger partial charge in [-0.1, -0.05) is 49.0 Å². The zero-order valence-corrected chi connectivity index (χ0v) is 16.8. The SMILES string of the molecule is CC1CCN(C(=O)C(C)Sc2ncc(-c3ccccc3)n2CC(F)(F)F)CC1. The number of rotatable bonds is 5. The van der Waals surface area contributed by atoms with Crippen molar-refractivity contribution in [3.63, 3.8) is 0 Å². The smallest absolute Gasteiger partial charge is 0.342 e. The van der Waals surface area contributed by atoms with Crippen LogP contribution in [0.2, 0.25) is 0 Å². The number of piperidine rings is 1. The lowest BCUT2D eigenvalue weighted by molar-refractivity contribution is -0.141. The van der Waals surface area contributed by atoms with Crippen molar-refractivity contribution < 1.29 is 18.0 Å². The van der Waals surface area contributed by atoms with Gasteiger partial charge in [0.2, 0.25) is 5.91 Å². The minimum Gasteiger partial charge on any atom is -0.342 e. The lowest BCUT2D eigenvalue weighted by Crippen LogP contribution is -2.41. The van der Waals surface area contributed by atoms with Crippen LogP contribution >= 0.6 is 11.8 Å². The Bertz CT molecular complexity index is 799. The number of thioether (sulfide) groups is 1. The molecule has 2 aromatic rings. The summed E-state index contributed by atoms with van der Waals surface area (Å²) >= 11 is 1.09. The molecule has 1 atom stereocenters. The maximum atomic E-state index is 13.2. The van der Waals surface area contributed by atoms with Gasteiger partial charge in [0.05, 0.1) is 17.1 Å². The number of alkyl halides is 3. The molecule has 152 valence electrons. The van der Waals surface area contributed by atoms with E-state index >= 15 is 0 Å². The molecule has 3 rings (SSSR count). The molecule has 8 heteroatoms. The van der Waals surface area contributed by atoms with Gasteiger partial charge in [-0.2, -0.15) is 13.2 Å². The van der Waals surface area contributed by atoms with Crippen molar-refractivity contribution in [1.29, 1.82) is 0 Å². The van der Waals surface area contributed by atoms with Crippen molar-refractivity contribution >= 4 is 17.7 Å². The van der Waals surface area contributed by atoms with Crippen LogP contribution in [0.3, 0.4) is 0 Å². The molecule has 1 amide bonds. The summed E-state index contributed by atoms with van der Waals surface area (Å²) in [6.45, 7) is 4.18. The van der Waals surface area contributed by atoms with E-state index in [0.29, 0.717) is 30.3 Å². The summed E-state index contributed by atoms with van der Waals surface area (Å²) in [5, 5.41) is -0.284. The molecular formula is C20H24F3N3OS. The Morgan fingerprint density at radius 2 is 1.89 bits per heavy atom. The topological polar surface area (TPSA) is 38.1 Å². The standard InChI is InChI=1S/C20H24F3N3OS/c1-14-8-10-25(11-9-14)18(27)15(2)28-19-24-12-17(16-6-4-3-5-7-16)26(19)13-20(21,22)23/h3-7,12,14-15H,8-11,13H2,1-2H3. The zero-order valence-electron chi connectivity index (χ0n) is 15.9. The molecule has 0 aliphatic carbocycles. The van der Waals surface area contributed by atoms with Gasteiger partial charge < -0.3 is 9.47 Å². The summed E-state index contributed by atoms with van der Waals surface area (Å²) in [6.07, 6.45) is -1.01. The summed E-state index contributed by atoms with van der Waals surface area (Å²) in [5.41, 5.74) is 1.06. The van der Waals surface area contributed by atoms with Crippen LogP contribution in [-0.2, 0) is 11.3 Å². The van der Waals surface area contributed by atoms with Gasteiger partial charge >= 0.3 is 6.18 Å². The Kier molecular flexibility index (Phi) is 6.37. The fourth-order valence-corrected chi connectivity index (χ4v) is 4.29. The van der Waals surface area contributed by atoms with E-state index in [9.17, 15) is 18.0 Å². The van der Waals surface area contributed by atoms with E-state index in [0.717, 1.165) is 29.2 Å². The number of aromatic nitrogens is 2. The van der Waals surface area contributed by atoms with E-state index in [1.165, 1.54) is 6.20 Å². The fourth-order valence-electron chi connectivity index (χ4n) is 3.32. The van der Waals surface area contributed by atoms with E-state index in [-0.39, 0.29) is 11.1 Å². The van der Waals surface area contributed by atoms with Gasteiger partial charge in [-0.25, -0.2) is 4.98 Å². The average Bonchev–Trinajstić information content (AvgIpc) is 3.03. The molecule has 0 N–H and O–H groups in total. The summed E-state index contributed by atoms with van der Waals surface area (Å²) in [6, 6.07) is 8.86. The third-order valence-corrected chi connectivity index (χ3v) is 6.04. The molecule has 0 bridgehead atoms. The van der Waals surface area contributed by atoms with Crippen molar-refractivity contribution in [1.82, 2.24) is 14.5 Å². The van der Waals surface area contributed by atoms with Crippen molar-refractivity contribution in [2.24, 2.45) is 5.92 Å². The van der Waals surface area contributed by atoms with Crippen molar-refractivity contribution in [2.75, 3.05) is 13.1 Å². The van der Waals surface area contributed by atoms with Gasteiger partial charge in [-0.05, 0) is 31.2 Å². The number of hydrogen-bond acceptors (Lipinski definition) is 3. The number of benzene rings is 1. The predicted octanol–water partition coefficient (Wildman–Crippen LogP) is 4.85. The molecule has 1 fully saturated rings. The van der Waals surface area contributed by atoms with E-state index in [1.807, 2.05) is 11.0 Å². The van der Waals surface area contributed by atoms with Crippen LogP contribution in [-0.4, -0.2) is 44.9 Å². The monoisotopic (exact) mass is 411 g/mol. The number of carbonyl (C=O) groups excluding carboxylic acids is 1. The van der Waals surface area contributed by atoms with Crippen LogP contribution in [0.25, 0.3) is 11.3 Å². The Morgan fingerprint density at radius 3 is 2.50 bits per heavy atom. The van der Waals surface area contributed by atoms with Crippen LogP contribution in [0.4, 0.5) is 13.2 Å². The minimum atomic E-state index is -4.38. The normalized spacial score (nSPS) is 17.0. The highest BCUT2D eigenvalue weighted by Crippen LogP contribution is 2.32. The predicted molar refractivity (Wildman–Crippen MR) is 104 cm³/mol. The maximum Gasteiger partial charge on any atom is 0.406 e. The first-order valence-electron chi connectivity index (χ1n) is 9.37.